The summed E-state index contributed by atoms with van der Waals surface area (Å²) in [7, 11) is 0. The van der Waals surface area contributed by atoms with Crippen molar-refractivity contribution in [2.45, 2.75) is 258 Å². The van der Waals surface area contributed by atoms with Crippen LogP contribution < -0.4 is 0 Å². The van der Waals surface area contributed by atoms with Crippen LogP contribution >= 0.6 is 0 Å². The molecule has 0 aromatic heterocycles. The van der Waals surface area contributed by atoms with Crippen LogP contribution in [0, 0.1) is 0 Å². The summed E-state index contributed by atoms with van der Waals surface area (Å²) in [4.78, 5) is 38.0. The van der Waals surface area contributed by atoms with E-state index in [2.05, 4.69) is 106 Å². The van der Waals surface area contributed by atoms with E-state index in [1.54, 1.807) is 0 Å². The van der Waals surface area contributed by atoms with Crippen LogP contribution in [0.4, 0.5) is 0 Å². The van der Waals surface area contributed by atoms with Gasteiger partial charge in [-0.25, -0.2) is 0 Å². The van der Waals surface area contributed by atoms with Gasteiger partial charge in [-0.05, 0) is 96.3 Å². The number of carbonyl (C=O) groups is 3. The lowest BCUT2D eigenvalue weighted by Crippen LogP contribution is -2.30. The Labute approximate surface area is 401 Å². The Balaban J connectivity index is 4.51. The molecular weight excluding hydrogens is 805 g/mol. The quantitative estimate of drug-likeness (QED) is 0.0262. The second-order valence-corrected chi connectivity index (χ2v) is 17.8. The summed E-state index contributed by atoms with van der Waals surface area (Å²) in [6, 6.07) is 0. The van der Waals surface area contributed by atoms with Gasteiger partial charge in [-0.2, -0.15) is 0 Å². The van der Waals surface area contributed by atoms with Crippen LogP contribution in [0.3, 0.4) is 0 Å². The van der Waals surface area contributed by atoms with Gasteiger partial charge in [0.05, 0.1) is 0 Å². The van der Waals surface area contributed by atoms with E-state index in [-0.39, 0.29) is 37.5 Å². The van der Waals surface area contributed by atoms with E-state index >= 15 is 0 Å². The van der Waals surface area contributed by atoms with Crippen LogP contribution in [0.5, 0.6) is 0 Å². The topological polar surface area (TPSA) is 78.9 Å². The molecule has 0 N–H and O–H groups in total. The normalized spacial score (nSPS) is 12.7. The smallest absolute Gasteiger partial charge is 0.306 e. The second kappa shape index (κ2) is 53.2. The molecular formula is C59H100O6. The Morgan fingerprint density at radius 2 is 0.569 bits per heavy atom. The number of carbonyl (C=O) groups excluding carboxylic acids is 3. The first-order valence-corrected chi connectivity index (χ1v) is 27.1. The molecule has 0 aliphatic rings. The van der Waals surface area contributed by atoms with Crippen molar-refractivity contribution in [2.75, 3.05) is 13.2 Å². The Kier molecular flexibility index (Phi) is 50.4. The van der Waals surface area contributed by atoms with Gasteiger partial charge in [0.1, 0.15) is 13.2 Å². The fraction of sp³-hybridized carbons (Fsp3) is 0.712. The van der Waals surface area contributed by atoms with Crippen LogP contribution in [0.25, 0.3) is 0 Å². The van der Waals surface area contributed by atoms with Crippen molar-refractivity contribution < 1.29 is 28.6 Å². The fourth-order valence-electron chi connectivity index (χ4n) is 7.26. The Morgan fingerprint density at radius 3 is 0.954 bits per heavy atom. The van der Waals surface area contributed by atoms with Crippen molar-refractivity contribution in [3.8, 4) is 0 Å². The van der Waals surface area contributed by atoms with Crippen molar-refractivity contribution in [3.05, 3.63) is 85.1 Å². The van der Waals surface area contributed by atoms with Crippen LogP contribution in [-0.4, -0.2) is 37.2 Å². The molecule has 0 aliphatic carbocycles. The molecule has 65 heavy (non-hydrogen) atoms. The first-order chi connectivity index (χ1) is 32.0. The molecule has 0 spiro atoms. The number of ether oxygens (including phenoxy) is 3. The molecule has 0 saturated heterocycles. The molecule has 6 heteroatoms. The molecule has 0 rings (SSSR count). The van der Waals surface area contributed by atoms with Gasteiger partial charge in [0.2, 0.25) is 0 Å². The van der Waals surface area contributed by atoms with E-state index in [1.807, 2.05) is 0 Å². The summed E-state index contributed by atoms with van der Waals surface area (Å²) < 4.78 is 16.8. The molecule has 372 valence electrons. The predicted octanol–water partition coefficient (Wildman–Crippen LogP) is 18.0. The number of hydrogen-bond acceptors (Lipinski definition) is 6. The van der Waals surface area contributed by atoms with Crippen LogP contribution in [0.15, 0.2) is 85.1 Å². The summed E-state index contributed by atoms with van der Waals surface area (Å²) in [5.41, 5.74) is 0. The van der Waals surface area contributed by atoms with Crippen LogP contribution in [0.1, 0.15) is 252 Å². The van der Waals surface area contributed by atoms with Gasteiger partial charge in [0, 0.05) is 19.3 Å². The first kappa shape index (κ1) is 61.6. The standard InChI is InChI=1S/C59H100O6/c1-4-7-10-13-16-19-22-25-27-29-31-34-37-40-43-46-49-52-58(61)64-55-56(54-63-57(60)51-48-45-42-39-36-33-24-21-18-15-12-9-6-3)65-59(62)53-50-47-44-41-38-35-32-30-28-26-23-20-17-14-11-8-5-2/h16-17,19-20,25-28,31-32,34-35,40,43,56H,4-15,18,21-24,29-30,33,36-39,41-42,44-55H2,1-3H3/b19-16-,20-17-,27-25-,28-26-,34-31-,35-32-,43-40-/t56-/m1/s1. The average Bonchev–Trinajstić information content (AvgIpc) is 3.30. The molecule has 0 aliphatic heterocycles. The lowest BCUT2D eigenvalue weighted by molar-refractivity contribution is -0.167. The van der Waals surface area contributed by atoms with E-state index in [0.29, 0.717) is 19.3 Å². The van der Waals surface area contributed by atoms with E-state index in [0.717, 1.165) is 89.9 Å². The van der Waals surface area contributed by atoms with E-state index in [1.165, 1.54) is 116 Å². The SMILES string of the molecule is CCCCC/C=C\C/C=C\C/C=C\C/C=C\CCCC(=O)OC[C@@H](COC(=O)CCCCCCCCCCCCCCC)OC(=O)CCCCCC/C=C\C/C=C\C/C=C\CCCCC. The van der Waals surface area contributed by atoms with E-state index < -0.39 is 6.10 Å². The summed E-state index contributed by atoms with van der Waals surface area (Å²) in [6.07, 6.45) is 68.5. The zero-order valence-corrected chi connectivity index (χ0v) is 42.5. The number of hydrogen-bond donors (Lipinski definition) is 0. The Morgan fingerprint density at radius 1 is 0.308 bits per heavy atom. The van der Waals surface area contributed by atoms with Gasteiger partial charge in [0.25, 0.3) is 0 Å². The van der Waals surface area contributed by atoms with Gasteiger partial charge in [0.15, 0.2) is 6.10 Å². The summed E-state index contributed by atoms with van der Waals surface area (Å²) in [6.45, 7) is 6.52. The number of allylic oxidation sites excluding steroid dienone is 14. The van der Waals surface area contributed by atoms with Gasteiger partial charge >= 0.3 is 17.9 Å². The van der Waals surface area contributed by atoms with E-state index in [9.17, 15) is 14.4 Å². The largest absolute Gasteiger partial charge is 0.462 e. The summed E-state index contributed by atoms with van der Waals surface area (Å²) in [5, 5.41) is 0. The van der Waals surface area contributed by atoms with E-state index in [4.69, 9.17) is 14.2 Å². The third kappa shape index (κ3) is 51.4. The summed E-state index contributed by atoms with van der Waals surface area (Å²) in [5.74, 6) is -0.980. The molecule has 0 aromatic rings. The maximum Gasteiger partial charge on any atom is 0.306 e. The highest BCUT2D eigenvalue weighted by Gasteiger charge is 2.19. The second-order valence-electron chi connectivity index (χ2n) is 17.8. The third-order valence-corrected chi connectivity index (χ3v) is 11.4. The van der Waals surface area contributed by atoms with Gasteiger partial charge in [-0.1, -0.05) is 221 Å². The fourth-order valence-corrected chi connectivity index (χ4v) is 7.26. The first-order valence-electron chi connectivity index (χ1n) is 27.1. The zero-order chi connectivity index (χ0) is 47.2. The van der Waals surface area contributed by atoms with Crippen molar-refractivity contribution >= 4 is 17.9 Å². The zero-order valence-electron chi connectivity index (χ0n) is 42.5. The molecule has 0 aromatic carbocycles. The Hall–Kier alpha value is -3.41. The van der Waals surface area contributed by atoms with Crippen molar-refractivity contribution in [1.82, 2.24) is 0 Å². The lowest BCUT2D eigenvalue weighted by Gasteiger charge is -2.18. The molecule has 0 amide bonds. The van der Waals surface area contributed by atoms with Crippen LogP contribution in [-0.2, 0) is 28.6 Å². The highest BCUT2D eigenvalue weighted by molar-refractivity contribution is 5.71. The van der Waals surface area contributed by atoms with Gasteiger partial charge in [-0.3, -0.25) is 14.4 Å². The maximum atomic E-state index is 12.8. The summed E-state index contributed by atoms with van der Waals surface area (Å²) >= 11 is 0. The van der Waals surface area contributed by atoms with Crippen molar-refractivity contribution in [1.29, 1.82) is 0 Å². The molecule has 6 nitrogen and oxygen atoms in total. The molecule has 0 bridgehead atoms. The van der Waals surface area contributed by atoms with Gasteiger partial charge < -0.3 is 14.2 Å². The number of esters is 3. The minimum absolute atomic E-state index is 0.101. The van der Waals surface area contributed by atoms with Crippen molar-refractivity contribution in [3.63, 3.8) is 0 Å². The number of unbranched alkanes of at least 4 members (excludes halogenated alkanes) is 23. The van der Waals surface area contributed by atoms with Gasteiger partial charge in [-0.15, -0.1) is 0 Å². The minimum Gasteiger partial charge on any atom is -0.462 e. The number of rotatable bonds is 48. The molecule has 1 atom stereocenters. The average molecular weight is 905 g/mol. The molecule has 0 saturated carbocycles. The predicted molar refractivity (Wildman–Crippen MR) is 279 cm³/mol. The molecule has 0 unspecified atom stereocenters. The third-order valence-electron chi connectivity index (χ3n) is 11.4. The minimum atomic E-state index is -0.809. The maximum absolute atomic E-state index is 12.8. The highest BCUT2D eigenvalue weighted by Crippen LogP contribution is 2.14. The molecule has 0 radical (unpaired) electrons. The van der Waals surface area contributed by atoms with Crippen molar-refractivity contribution in [2.24, 2.45) is 0 Å². The molecule has 0 heterocycles. The molecule has 0 fully saturated rings. The monoisotopic (exact) mass is 905 g/mol. The van der Waals surface area contributed by atoms with Crippen LogP contribution in [0.2, 0.25) is 0 Å². The lowest BCUT2D eigenvalue weighted by atomic mass is 10.0. The Bertz CT molecular complexity index is 1270. The highest BCUT2D eigenvalue weighted by atomic mass is 16.6.